The smallest absolute Gasteiger partial charge is 0.314 e. The molecule has 0 saturated heterocycles. The first kappa shape index (κ1) is 14.7. The van der Waals surface area contributed by atoms with E-state index in [1.807, 2.05) is 18.2 Å². The molecule has 1 aliphatic heterocycles. The molecule has 20 heavy (non-hydrogen) atoms. The van der Waals surface area contributed by atoms with Crippen LogP contribution in [0, 0.1) is 23.0 Å². The van der Waals surface area contributed by atoms with E-state index in [-0.39, 0.29) is 23.8 Å². The molecule has 6 heteroatoms. The second-order valence-electron chi connectivity index (χ2n) is 5.06. The Morgan fingerprint density at radius 1 is 1.60 bits per heavy atom. The van der Waals surface area contributed by atoms with Crippen LogP contribution in [0.1, 0.15) is 20.3 Å². The summed E-state index contributed by atoms with van der Waals surface area (Å²) in [5.74, 6) is -0.326. The molecule has 0 radical (unpaired) electrons. The number of hydrogen-bond acceptors (Lipinski definition) is 6. The molecular weight excluding hydrogens is 260 g/mol. The van der Waals surface area contributed by atoms with Crippen LogP contribution >= 0.6 is 0 Å². The molecule has 1 aliphatic carbocycles. The summed E-state index contributed by atoms with van der Waals surface area (Å²) >= 11 is 0. The Bertz CT molecular complexity index is 444. The molecule has 2 aliphatic rings. The summed E-state index contributed by atoms with van der Waals surface area (Å²) in [6, 6.07) is 0. The zero-order chi connectivity index (χ0) is 14.5. The van der Waals surface area contributed by atoms with E-state index >= 15 is 0 Å². The molecule has 0 spiro atoms. The third-order valence-corrected chi connectivity index (χ3v) is 3.60. The fourth-order valence-corrected chi connectivity index (χ4v) is 2.13. The molecule has 0 N–H and O–H groups in total. The summed E-state index contributed by atoms with van der Waals surface area (Å²) in [4.78, 5) is 16.6. The minimum absolute atomic E-state index is 0.152. The van der Waals surface area contributed by atoms with Crippen LogP contribution in [0.3, 0.4) is 0 Å². The lowest BCUT2D eigenvalue weighted by Gasteiger charge is -2.30. The van der Waals surface area contributed by atoms with E-state index < -0.39 is 5.92 Å². The molecule has 1 heterocycles. The van der Waals surface area contributed by atoms with Crippen LogP contribution in [-0.2, 0) is 14.4 Å². The first-order valence-electron chi connectivity index (χ1n) is 6.77. The van der Waals surface area contributed by atoms with E-state index in [4.69, 9.17) is 4.74 Å². The first-order chi connectivity index (χ1) is 9.58. The van der Waals surface area contributed by atoms with Gasteiger partial charge in [-0.2, -0.15) is 5.10 Å². The number of carbonyl (C=O) groups is 1. The van der Waals surface area contributed by atoms with Crippen LogP contribution in [0.5, 0.6) is 0 Å². The zero-order valence-corrected chi connectivity index (χ0v) is 11.7. The van der Waals surface area contributed by atoms with E-state index in [0.717, 1.165) is 0 Å². The Labute approximate surface area is 118 Å². The van der Waals surface area contributed by atoms with Gasteiger partial charge in [-0.05, 0) is 12.8 Å². The zero-order valence-electron chi connectivity index (χ0n) is 11.7. The molecule has 2 unspecified atom stereocenters. The minimum atomic E-state index is -0.520. The van der Waals surface area contributed by atoms with Gasteiger partial charge < -0.3 is 9.94 Å². The molecule has 3 atom stereocenters. The van der Waals surface area contributed by atoms with Gasteiger partial charge in [-0.15, -0.1) is 0 Å². The highest BCUT2D eigenvalue weighted by molar-refractivity contribution is 6.01. The van der Waals surface area contributed by atoms with Gasteiger partial charge in [0.2, 0.25) is 0 Å². The van der Waals surface area contributed by atoms with Crippen LogP contribution in [0.15, 0.2) is 29.4 Å². The van der Waals surface area contributed by atoms with Gasteiger partial charge in [0.25, 0.3) is 0 Å². The number of ether oxygens (including phenoxy) is 1. The molecule has 110 valence electrons. The summed E-state index contributed by atoms with van der Waals surface area (Å²) in [6.07, 6.45) is 8.54. The molecule has 6 nitrogen and oxygen atoms in total. The molecular formula is C14H19N2O4-. The standard InChI is InChI=1S/C14H19N2O4/c1-10-5-3-4-6-12(10)9-19-14(17)11(2)13-7-8-20-16(18)15-13/h3-6,10-12H,7-9H2,1-2H3/q-1/t10-,11?,12?/m0/s1. The molecule has 0 aromatic rings. The third-order valence-electron chi connectivity index (χ3n) is 3.60. The van der Waals surface area contributed by atoms with Gasteiger partial charge in [0, 0.05) is 12.3 Å². The van der Waals surface area contributed by atoms with Crippen molar-refractivity contribution in [3.8, 4) is 0 Å². The summed E-state index contributed by atoms with van der Waals surface area (Å²) < 4.78 is 5.34. The number of esters is 1. The van der Waals surface area contributed by atoms with E-state index in [1.54, 1.807) is 6.92 Å². The SMILES string of the molecule is CC(C(=O)OCC1C=CC=C[C@@H]1C)C1=NN([O-])OCC1. The van der Waals surface area contributed by atoms with Crippen LogP contribution in [0.25, 0.3) is 0 Å². The van der Waals surface area contributed by atoms with Crippen molar-refractivity contribution in [2.75, 3.05) is 13.2 Å². The van der Waals surface area contributed by atoms with Crippen molar-refractivity contribution in [3.05, 3.63) is 29.5 Å². The number of nitrogens with zero attached hydrogens (tertiary/aromatic N) is 2. The molecule has 2 rings (SSSR count). The first-order valence-corrected chi connectivity index (χ1v) is 6.77. The topological polar surface area (TPSA) is 74.2 Å². The average molecular weight is 279 g/mol. The fourth-order valence-electron chi connectivity index (χ4n) is 2.13. The highest BCUT2D eigenvalue weighted by Gasteiger charge is 2.25. The summed E-state index contributed by atoms with van der Waals surface area (Å²) in [7, 11) is 0. The fraction of sp³-hybridized carbons (Fsp3) is 0.571. The van der Waals surface area contributed by atoms with Gasteiger partial charge in [0.05, 0.1) is 24.8 Å². The lowest BCUT2D eigenvalue weighted by Crippen LogP contribution is -2.32. The van der Waals surface area contributed by atoms with Gasteiger partial charge >= 0.3 is 5.97 Å². The number of rotatable bonds is 4. The normalized spacial score (nSPS) is 27.1. The van der Waals surface area contributed by atoms with Crippen molar-refractivity contribution < 1.29 is 14.4 Å². The van der Waals surface area contributed by atoms with Gasteiger partial charge in [-0.1, -0.05) is 31.2 Å². The number of hydrazone groups is 1. The Morgan fingerprint density at radius 3 is 3.05 bits per heavy atom. The number of carbonyl (C=O) groups excluding carboxylic acids is 1. The highest BCUT2D eigenvalue weighted by atomic mass is 16.9. The Morgan fingerprint density at radius 2 is 2.35 bits per heavy atom. The maximum absolute atomic E-state index is 12.0. The van der Waals surface area contributed by atoms with E-state index in [1.165, 1.54) is 0 Å². The predicted octanol–water partition coefficient (Wildman–Crippen LogP) is 2.04. The van der Waals surface area contributed by atoms with Crippen molar-refractivity contribution >= 4 is 11.7 Å². The van der Waals surface area contributed by atoms with E-state index in [9.17, 15) is 10.0 Å². The predicted molar refractivity (Wildman–Crippen MR) is 74.3 cm³/mol. The number of hydrogen-bond donors (Lipinski definition) is 0. The largest absolute Gasteiger partial charge is 0.716 e. The van der Waals surface area contributed by atoms with Crippen LogP contribution in [-0.4, -0.2) is 30.2 Å². The van der Waals surface area contributed by atoms with E-state index in [0.29, 0.717) is 24.7 Å². The number of allylic oxidation sites excluding steroid dienone is 3. The second kappa shape index (κ2) is 6.67. The highest BCUT2D eigenvalue weighted by Crippen LogP contribution is 2.20. The molecule has 0 saturated carbocycles. The summed E-state index contributed by atoms with van der Waals surface area (Å²) in [5, 5.41) is 14.8. The third kappa shape index (κ3) is 3.68. The van der Waals surface area contributed by atoms with Crippen molar-refractivity contribution in [1.29, 1.82) is 0 Å². The van der Waals surface area contributed by atoms with Crippen molar-refractivity contribution in [2.24, 2.45) is 22.9 Å². The van der Waals surface area contributed by atoms with Gasteiger partial charge in [0.15, 0.2) is 0 Å². The quantitative estimate of drug-likeness (QED) is 0.736. The van der Waals surface area contributed by atoms with Gasteiger partial charge in [-0.25, -0.2) is 5.34 Å². The molecule has 0 amide bonds. The Balaban J connectivity index is 1.85. The lowest BCUT2D eigenvalue weighted by molar-refractivity contribution is -0.148. The Kier molecular flexibility index (Phi) is 4.92. The molecule has 0 aromatic heterocycles. The maximum atomic E-state index is 12.0. The second-order valence-corrected chi connectivity index (χ2v) is 5.06. The molecule has 0 fully saturated rings. The van der Waals surface area contributed by atoms with Gasteiger partial charge in [0.1, 0.15) is 0 Å². The van der Waals surface area contributed by atoms with Crippen molar-refractivity contribution in [2.45, 2.75) is 20.3 Å². The van der Waals surface area contributed by atoms with Crippen LogP contribution < -0.4 is 0 Å². The average Bonchev–Trinajstić information content (AvgIpc) is 2.45. The minimum Gasteiger partial charge on any atom is -0.716 e. The maximum Gasteiger partial charge on any atom is 0.314 e. The molecule has 0 bridgehead atoms. The van der Waals surface area contributed by atoms with Crippen LogP contribution in [0.4, 0.5) is 0 Å². The monoisotopic (exact) mass is 279 g/mol. The van der Waals surface area contributed by atoms with E-state index in [2.05, 4.69) is 22.9 Å². The van der Waals surface area contributed by atoms with Crippen molar-refractivity contribution in [1.82, 2.24) is 5.34 Å². The summed E-state index contributed by atoms with van der Waals surface area (Å²) in [5.41, 5.74) is 0.503. The van der Waals surface area contributed by atoms with Gasteiger partial charge in [-0.3, -0.25) is 9.63 Å². The molecule has 0 aromatic carbocycles. The summed E-state index contributed by atoms with van der Waals surface area (Å²) in [6.45, 7) is 4.36. The Hall–Kier alpha value is -1.66. The van der Waals surface area contributed by atoms with Crippen molar-refractivity contribution in [3.63, 3.8) is 0 Å². The lowest BCUT2D eigenvalue weighted by atomic mass is 9.91. The van der Waals surface area contributed by atoms with Crippen LogP contribution in [0.2, 0.25) is 0 Å².